The number of furan rings is 1. The Labute approximate surface area is 103 Å². The lowest BCUT2D eigenvalue weighted by atomic mass is 10.3. The molecule has 0 spiro atoms. The highest BCUT2D eigenvalue weighted by atomic mass is 35.5. The molecular weight excluding hydrogens is 224 g/mol. The average molecular weight is 245 g/mol. The molecule has 3 nitrogen and oxygen atoms in total. The van der Waals surface area contributed by atoms with Crippen LogP contribution >= 0.6 is 11.6 Å². The quantitative estimate of drug-likeness (QED) is 0.748. The van der Waals surface area contributed by atoms with Gasteiger partial charge in [0, 0.05) is 6.04 Å². The molecule has 0 amide bonds. The van der Waals surface area contributed by atoms with E-state index in [2.05, 4.69) is 31.1 Å². The summed E-state index contributed by atoms with van der Waals surface area (Å²) in [6.07, 6.45) is 1.14. The Morgan fingerprint density at radius 2 is 2.19 bits per heavy atom. The van der Waals surface area contributed by atoms with Crippen molar-refractivity contribution in [1.82, 2.24) is 10.2 Å². The van der Waals surface area contributed by atoms with Gasteiger partial charge in [-0.3, -0.25) is 0 Å². The molecule has 0 bridgehead atoms. The van der Waals surface area contributed by atoms with E-state index < -0.39 is 0 Å². The van der Waals surface area contributed by atoms with Crippen LogP contribution in [0, 0.1) is 0 Å². The van der Waals surface area contributed by atoms with Crippen molar-refractivity contribution in [2.24, 2.45) is 0 Å². The molecule has 0 aliphatic heterocycles. The van der Waals surface area contributed by atoms with Crippen molar-refractivity contribution in [3.63, 3.8) is 0 Å². The van der Waals surface area contributed by atoms with Crippen molar-refractivity contribution in [2.75, 3.05) is 20.1 Å². The van der Waals surface area contributed by atoms with Crippen molar-refractivity contribution in [3.8, 4) is 0 Å². The lowest BCUT2D eigenvalue weighted by molar-refractivity contribution is 0.269. The maximum Gasteiger partial charge on any atom is 0.193 e. The number of nitrogens with zero attached hydrogens (tertiary/aromatic N) is 1. The lowest BCUT2D eigenvalue weighted by Crippen LogP contribution is -2.29. The van der Waals surface area contributed by atoms with E-state index in [1.807, 2.05) is 6.07 Å². The molecule has 0 aliphatic carbocycles. The average Bonchev–Trinajstić information content (AvgIpc) is 2.63. The van der Waals surface area contributed by atoms with Crippen LogP contribution in [0.4, 0.5) is 0 Å². The molecule has 0 aromatic carbocycles. The monoisotopic (exact) mass is 244 g/mol. The van der Waals surface area contributed by atoms with Gasteiger partial charge in [0.2, 0.25) is 0 Å². The highest BCUT2D eigenvalue weighted by Crippen LogP contribution is 2.12. The standard InChI is InChI=1S/C12H21ClN2O/c1-10(2)15(3)8-4-7-14-9-11-5-6-12(13)16-11/h5-6,10,14H,4,7-9H2,1-3H3. The smallest absolute Gasteiger partial charge is 0.193 e. The van der Waals surface area contributed by atoms with E-state index in [4.69, 9.17) is 16.0 Å². The Kier molecular flexibility index (Phi) is 5.88. The van der Waals surface area contributed by atoms with Crippen LogP contribution in [-0.4, -0.2) is 31.1 Å². The third kappa shape index (κ3) is 5.01. The normalized spacial score (nSPS) is 11.6. The van der Waals surface area contributed by atoms with Crippen molar-refractivity contribution >= 4 is 11.6 Å². The van der Waals surface area contributed by atoms with Crippen LogP contribution in [0.1, 0.15) is 26.0 Å². The summed E-state index contributed by atoms with van der Waals surface area (Å²) in [4.78, 5) is 2.34. The molecule has 92 valence electrons. The predicted molar refractivity (Wildman–Crippen MR) is 67.8 cm³/mol. The van der Waals surface area contributed by atoms with Gasteiger partial charge in [-0.15, -0.1) is 0 Å². The van der Waals surface area contributed by atoms with Gasteiger partial charge in [-0.05, 0) is 64.1 Å². The first-order chi connectivity index (χ1) is 7.59. The van der Waals surface area contributed by atoms with E-state index in [0.29, 0.717) is 11.3 Å². The minimum absolute atomic E-state index is 0.455. The highest BCUT2D eigenvalue weighted by molar-refractivity contribution is 6.28. The number of rotatable bonds is 7. The highest BCUT2D eigenvalue weighted by Gasteiger charge is 2.02. The van der Waals surface area contributed by atoms with Gasteiger partial charge >= 0.3 is 0 Å². The van der Waals surface area contributed by atoms with Gasteiger partial charge in [0.1, 0.15) is 5.76 Å². The SMILES string of the molecule is CC(C)N(C)CCCNCc1ccc(Cl)o1. The molecular formula is C12H21ClN2O. The number of hydrogen-bond acceptors (Lipinski definition) is 3. The van der Waals surface area contributed by atoms with E-state index in [-0.39, 0.29) is 0 Å². The first-order valence-corrected chi connectivity index (χ1v) is 6.12. The van der Waals surface area contributed by atoms with Gasteiger partial charge in [-0.2, -0.15) is 0 Å². The third-order valence-corrected chi connectivity index (χ3v) is 2.88. The molecule has 1 aromatic rings. The molecule has 0 radical (unpaired) electrons. The minimum Gasteiger partial charge on any atom is -0.448 e. The number of nitrogens with one attached hydrogen (secondary N) is 1. The fraction of sp³-hybridized carbons (Fsp3) is 0.667. The molecule has 0 saturated heterocycles. The van der Waals surface area contributed by atoms with Crippen LogP contribution in [0.15, 0.2) is 16.5 Å². The van der Waals surface area contributed by atoms with Gasteiger partial charge in [0.15, 0.2) is 5.22 Å². The Bertz CT molecular complexity index is 299. The van der Waals surface area contributed by atoms with Gasteiger partial charge in [0.05, 0.1) is 6.54 Å². The molecule has 1 heterocycles. The second kappa shape index (κ2) is 6.94. The van der Waals surface area contributed by atoms with E-state index in [1.54, 1.807) is 6.07 Å². The maximum atomic E-state index is 5.68. The van der Waals surface area contributed by atoms with Crippen LogP contribution in [0.3, 0.4) is 0 Å². The summed E-state index contributed by atoms with van der Waals surface area (Å²) in [5.41, 5.74) is 0. The molecule has 0 fully saturated rings. The third-order valence-electron chi connectivity index (χ3n) is 2.67. The molecule has 0 atom stereocenters. The largest absolute Gasteiger partial charge is 0.448 e. The van der Waals surface area contributed by atoms with Crippen molar-refractivity contribution in [2.45, 2.75) is 32.9 Å². The molecule has 0 saturated carbocycles. The van der Waals surface area contributed by atoms with Crippen molar-refractivity contribution < 1.29 is 4.42 Å². The number of halogens is 1. The zero-order valence-corrected chi connectivity index (χ0v) is 11.0. The molecule has 1 rings (SSSR count). The molecule has 1 N–H and O–H groups in total. The Morgan fingerprint density at radius 3 is 2.75 bits per heavy atom. The van der Waals surface area contributed by atoms with Crippen LogP contribution in [0.2, 0.25) is 5.22 Å². The van der Waals surface area contributed by atoms with E-state index in [9.17, 15) is 0 Å². The van der Waals surface area contributed by atoms with E-state index >= 15 is 0 Å². The fourth-order valence-corrected chi connectivity index (χ4v) is 1.53. The van der Waals surface area contributed by atoms with Crippen LogP contribution < -0.4 is 5.32 Å². The van der Waals surface area contributed by atoms with Crippen LogP contribution in [-0.2, 0) is 6.54 Å². The number of hydrogen-bond donors (Lipinski definition) is 1. The van der Waals surface area contributed by atoms with E-state index in [0.717, 1.165) is 31.8 Å². The zero-order valence-electron chi connectivity index (χ0n) is 10.3. The second-order valence-corrected chi connectivity index (χ2v) is 4.68. The minimum atomic E-state index is 0.455. The summed E-state index contributed by atoms with van der Waals surface area (Å²) in [5, 5.41) is 3.79. The first-order valence-electron chi connectivity index (χ1n) is 5.74. The topological polar surface area (TPSA) is 28.4 Å². The summed E-state index contributed by atoms with van der Waals surface area (Å²) in [6.45, 7) is 7.27. The first kappa shape index (κ1) is 13.6. The second-order valence-electron chi connectivity index (χ2n) is 4.31. The van der Waals surface area contributed by atoms with Crippen LogP contribution in [0.5, 0.6) is 0 Å². The van der Waals surface area contributed by atoms with Gasteiger partial charge in [-0.25, -0.2) is 0 Å². The molecule has 0 aliphatic rings. The molecule has 0 unspecified atom stereocenters. The Morgan fingerprint density at radius 1 is 1.44 bits per heavy atom. The lowest BCUT2D eigenvalue weighted by Gasteiger charge is -2.20. The summed E-state index contributed by atoms with van der Waals surface area (Å²) >= 11 is 5.68. The maximum absolute atomic E-state index is 5.68. The van der Waals surface area contributed by atoms with E-state index in [1.165, 1.54) is 0 Å². The van der Waals surface area contributed by atoms with Crippen molar-refractivity contribution in [3.05, 3.63) is 23.1 Å². The molecule has 16 heavy (non-hydrogen) atoms. The Balaban J connectivity index is 2.04. The van der Waals surface area contributed by atoms with Crippen molar-refractivity contribution in [1.29, 1.82) is 0 Å². The fourth-order valence-electron chi connectivity index (χ4n) is 1.37. The van der Waals surface area contributed by atoms with Crippen LogP contribution in [0.25, 0.3) is 0 Å². The summed E-state index contributed by atoms with van der Waals surface area (Å²) in [6, 6.07) is 4.28. The van der Waals surface area contributed by atoms with Gasteiger partial charge < -0.3 is 14.6 Å². The summed E-state index contributed by atoms with van der Waals surface area (Å²) < 4.78 is 5.24. The molecule has 1 aromatic heterocycles. The Hall–Kier alpha value is -0.510. The molecule has 4 heteroatoms. The van der Waals surface area contributed by atoms with Gasteiger partial charge in [0.25, 0.3) is 0 Å². The van der Waals surface area contributed by atoms with Gasteiger partial charge in [-0.1, -0.05) is 0 Å². The zero-order chi connectivity index (χ0) is 12.0. The predicted octanol–water partition coefficient (Wildman–Crippen LogP) is 2.75. The summed E-state index contributed by atoms with van der Waals surface area (Å²) in [7, 11) is 2.15. The summed E-state index contributed by atoms with van der Waals surface area (Å²) in [5.74, 6) is 0.891.